The first kappa shape index (κ1) is 19.9. The van der Waals surface area contributed by atoms with Gasteiger partial charge in [0.2, 0.25) is 5.78 Å². The van der Waals surface area contributed by atoms with E-state index in [1.54, 1.807) is 24.3 Å². The van der Waals surface area contributed by atoms with E-state index in [0.29, 0.717) is 35.3 Å². The molecule has 0 aromatic heterocycles. The van der Waals surface area contributed by atoms with E-state index in [1.165, 1.54) is 0 Å². The molecule has 1 heterocycles. The zero-order valence-corrected chi connectivity index (χ0v) is 18.5. The predicted molar refractivity (Wildman–Crippen MR) is 125 cm³/mol. The fraction of sp³-hybridized carbons (Fsp3) is 0.207. The maximum Gasteiger partial charge on any atom is 0.229 e. The van der Waals surface area contributed by atoms with Gasteiger partial charge < -0.3 is 4.74 Å². The second-order valence-electron chi connectivity index (χ2n) is 9.87. The van der Waals surface area contributed by atoms with E-state index in [-0.39, 0.29) is 34.1 Å². The molecule has 33 heavy (non-hydrogen) atoms. The Labute approximate surface area is 191 Å². The van der Waals surface area contributed by atoms with Gasteiger partial charge in [0.05, 0.1) is 5.57 Å². The van der Waals surface area contributed by atoms with Crippen LogP contribution < -0.4 is 0 Å². The summed E-state index contributed by atoms with van der Waals surface area (Å²) in [5.74, 6) is -0.600. The summed E-state index contributed by atoms with van der Waals surface area (Å²) < 4.78 is 6.15. The lowest BCUT2D eigenvalue weighted by atomic mass is 9.67. The minimum absolute atomic E-state index is 0.0231. The number of rotatable bonds is 1. The van der Waals surface area contributed by atoms with Crippen LogP contribution in [-0.4, -0.2) is 17.3 Å². The van der Waals surface area contributed by atoms with Crippen LogP contribution in [0.1, 0.15) is 58.9 Å². The van der Waals surface area contributed by atoms with Crippen molar-refractivity contribution in [2.24, 2.45) is 5.41 Å². The first-order valence-corrected chi connectivity index (χ1v) is 11.2. The third kappa shape index (κ3) is 2.94. The molecule has 162 valence electrons. The number of benzene rings is 3. The van der Waals surface area contributed by atoms with Crippen molar-refractivity contribution in [1.82, 2.24) is 0 Å². The molecule has 0 saturated carbocycles. The average molecular weight is 434 g/mol. The average Bonchev–Trinajstić information content (AvgIpc) is 2.80. The van der Waals surface area contributed by atoms with Crippen LogP contribution >= 0.6 is 0 Å². The number of Topliss-reactive ketones (excluding diaryl/α,β-unsaturated/α-hetero) is 3. The van der Waals surface area contributed by atoms with Crippen molar-refractivity contribution in [1.29, 1.82) is 0 Å². The van der Waals surface area contributed by atoms with Crippen LogP contribution in [-0.2, 0) is 9.53 Å². The molecule has 1 atom stereocenters. The van der Waals surface area contributed by atoms with Crippen molar-refractivity contribution in [3.63, 3.8) is 0 Å². The van der Waals surface area contributed by atoms with Crippen LogP contribution in [0, 0.1) is 5.41 Å². The highest BCUT2D eigenvalue weighted by molar-refractivity contribution is 6.27. The van der Waals surface area contributed by atoms with E-state index in [9.17, 15) is 14.4 Å². The van der Waals surface area contributed by atoms with Gasteiger partial charge in [0.1, 0.15) is 5.76 Å². The lowest BCUT2D eigenvalue weighted by molar-refractivity contribution is -0.119. The summed E-state index contributed by atoms with van der Waals surface area (Å²) in [7, 11) is 0. The molecule has 3 aromatic carbocycles. The normalized spacial score (nSPS) is 21.5. The summed E-state index contributed by atoms with van der Waals surface area (Å²) in [6, 6.07) is 20.8. The monoisotopic (exact) mass is 434 g/mol. The smallest absolute Gasteiger partial charge is 0.229 e. The van der Waals surface area contributed by atoms with E-state index >= 15 is 0 Å². The van der Waals surface area contributed by atoms with Gasteiger partial charge in [-0.3, -0.25) is 14.4 Å². The number of fused-ring (bicyclic) bond motifs is 2. The number of carbonyl (C=O) groups is 3. The molecule has 3 aromatic rings. The van der Waals surface area contributed by atoms with E-state index in [2.05, 4.69) is 0 Å². The largest absolute Gasteiger partial charge is 0.457 e. The van der Waals surface area contributed by atoms with Crippen LogP contribution in [0.2, 0.25) is 0 Å². The molecule has 2 aliphatic carbocycles. The summed E-state index contributed by atoms with van der Waals surface area (Å²) in [6.45, 7) is 4.05. The predicted octanol–water partition coefficient (Wildman–Crippen LogP) is 5.93. The Morgan fingerprint density at radius 2 is 1.42 bits per heavy atom. The highest BCUT2D eigenvalue weighted by Gasteiger charge is 2.48. The summed E-state index contributed by atoms with van der Waals surface area (Å²) >= 11 is 0. The lowest BCUT2D eigenvalue weighted by Gasteiger charge is -2.39. The van der Waals surface area contributed by atoms with Crippen molar-refractivity contribution in [3.8, 4) is 0 Å². The number of hydrogen-bond acceptors (Lipinski definition) is 4. The maximum atomic E-state index is 13.7. The van der Waals surface area contributed by atoms with Gasteiger partial charge in [-0.2, -0.15) is 0 Å². The standard InChI is InChI=1S/C29H22O4/c1-29(2)14-21(30)24-22(15-29)33-28-25(26(31)19-9-5-6-10-20(19)27(28)32)23(24)18-12-11-16-7-3-4-8-17(16)13-18/h3-13,23H,14-15H2,1-2H3. The second-order valence-corrected chi connectivity index (χ2v) is 9.87. The van der Waals surface area contributed by atoms with Gasteiger partial charge in [-0.1, -0.05) is 80.6 Å². The van der Waals surface area contributed by atoms with Crippen molar-refractivity contribution in [2.75, 3.05) is 0 Å². The van der Waals surface area contributed by atoms with Crippen LogP contribution in [0.15, 0.2) is 89.4 Å². The lowest BCUT2D eigenvalue weighted by Crippen LogP contribution is -2.37. The Morgan fingerprint density at radius 3 is 2.18 bits per heavy atom. The van der Waals surface area contributed by atoms with Crippen molar-refractivity contribution in [2.45, 2.75) is 32.6 Å². The summed E-state index contributed by atoms with van der Waals surface area (Å²) in [6.07, 6.45) is 0.915. The topological polar surface area (TPSA) is 60.4 Å². The molecule has 4 nitrogen and oxygen atoms in total. The second kappa shape index (κ2) is 6.85. The molecule has 0 amide bonds. The molecule has 6 rings (SSSR count). The van der Waals surface area contributed by atoms with Crippen molar-refractivity contribution < 1.29 is 19.1 Å². The molecule has 0 bridgehead atoms. The van der Waals surface area contributed by atoms with Gasteiger partial charge in [0, 0.05) is 35.5 Å². The summed E-state index contributed by atoms with van der Waals surface area (Å²) in [5.41, 5.74) is 2.06. The highest BCUT2D eigenvalue weighted by atomic mass is 16.5. The molecule has 0 N–H and O–H groups in total. The molecule has 4 heteroatoms. The van der Waals surface area contributed by atoms with Crippen molar-refractivity contribution >= 4 is 28.1 Å². The third-order valence-electron chi connectivity index (χ3n) is 6.90. The Bertz CT molecular complexity index is 1470. The van der Waals surface area contributed by atoms with Gasteiger partial charge in [0.15, 0.2) is 17.3 Å². The van der Waals surface area contributed by atoms with Crippen LogP contribution in [0.5, 0.6) is 0 Å². The first-order valence-electron chi connectivity index (χ1n) is 11.2. The van der Waals surface area contributed by atoms with Crippen LogP contribution in [0.3, 0.4) is 0 Å². The molecule has 0 radical (unpaired) electrons. The summed E-state index contributed by atoms with van der Waals surface area (Å²) in [5, 5.41) is 2.09. The van der Waals surface area contributed by atoms with Gasteiger partial charge >= 0.3 is 0 Å². The van der Waals surface area contributed by atoms with Gasteiger partial charge in [0.25, 0.3) is 0 Å². The number of ketones is 3. The summed E-state index contributed by atoms with van der Waals surface area (Å²) in [4.78, 5) is 40.6. The Hall–Kier alpha value is -3.79. The fourth-order valence-corrected chi connectivity index (χ4v) is 5.41. The van der Waals surface area contributed by atoms with Gasteiger partial charge in [-0.05, 0) is 21.8 Å². The molecule has 1 aliphatic heterocycles. The SMILES string of the molecule is CC1(C)CC(=O)C2=C(C1)OC1=C(C(=O)c3ccccc3C1=O)C2c1ccc2ccccc2c1. The minimum atomic E-state index is -0.623. The van der Waals surface area contributed by atoms with E-state index in [0.717, 1.165) is 16.3 Å². The van der Waals surface area contributed by atoms with Crippen molar-refractivity contribution in [3.05, 3.63) is 106 Å². The Kier molecular flexibility index (Phi) is 4.12. The van der Waals surface area contributed by atoms with Gasteiger partial charge in [-0.25, -0.2) is 0 Å². The molecule has 0 spiro atoms. The Balaban J connectivity index is 1.62. The van der Waals surface area contributed by atoms with E-state index in [4.69, 9.17) is 4.74 Å². The number of ether oxygens (including phenoxy) is 1. The van der Waals surface area contributed by atoms with E-state index in [1.807, 2.05) is 56.3 Å². The third-order valence-corrected chi connectivity index (χ3v) is 6.90. The number of carbonyl (C=O) groups excluding carboxylic acids is 3. The van der Waals surface area contributed by atoms with E-state index < -0.39 is 5.92 Å². The quantitative estimate of drug-likeness (QED) is 0.476. The molecular formula is C29H22O4. The van der Waals surface area contributed by atoms with Crippen LogP contribution in [0.4, 0.5) is 0 Å². The first-order chi connectivity index (χ1) is 15.8. The molecule has 3 aliphatic rings. The zero-order valence-electron chi connectivity index (χ0n) is 18.5. The van der Waals surface area contributed by atoms with Gasteiger partial charge in [-0.15, -0.1) is 0 Å². The number of hydrogen-bond donors (Lipinski definition) is 0. The molecule has 0 saturated heterocycles. The highest BCUT2D eigenvalue weighted by Crippen LogP contribution is 2.51. The zero-order chi connectivity index (χ0) is 22.9. The number of allylic oxidation sites excluding steroid dienone is 4. The Morgan fingerprint density at radius 1 is 0.758 bits per heavy atom. The minimum Gasteiger partial charge on any atom is -0.457 e. The molecule has 1 unspecified atom stereocenters. The molecule has 0 fully saturated rings. The molecular weight excluding hydrogens is 412 g/mol. The maximum absolute atomic E-state index is 13.7. The van der Waals surface area contributed by atoms with Crippen LogP contribution in [0.25, 0.3) is 10.8 Å². The fourth-order valence-electron chi connectivity index (χ4n) is 5.41.